The van der Waals surface area contributed by atoms with Crippen molar-refractivity contribution in [2.45, 2.75) is 19.4 Å². The highest BCUT2D eigenvalue weighted by atomic mass is 32.2. The monoisotopic (exact) mass is 406 g/mol. The minimum atomic E-state index is -4.20. The van der Waals surface area contributed by atoms with Gasteiger partial charge < -0.3 is 5.32 Å². The lowest BCUT2D eigenvalue weighted by Gasteiger charge is -2.37. The molecule has 1 N–H and O–H groups in total. The number of rotatable bonds is 6. The average Bonchev–Trinajstić information content (AvgIpc) is 2.66. The maximum atomic E-state index is 14.5. The van der Waals surface area contributed by atoms with Crippen molar-refractivity contribution in [3.63, 3.8) is 0 Å². The molecule has 0 aliphatic carbocycles. The second kappa shape index (κ2) is 8.22. The zero-order valence-corrected chi connectivity index (χ0v) is 16.1. The van der Waals surface area contributed by atoms with Gasteiger partial charge in [-0.15, -0.1) is 0 Å². The molecular formula is C19H20F2N4O2S. The van der Waals surface area contributed by atoms with Gasteiger partial charge in [-0.05, 0) is 62.3 Å². The van der Waals surface area contributed by atoms with Crippen molar-refractivity contribution in [2.75, 3.05) is 24.4 Å². The van der Waals surface area contributed by atoms with Crippen molar-refractivity contribution < 1.29 is 17.2 Å². The Bertz CT molecular complexity index is 1000. The van der Waals surface area contributed by atoms with E-state index in [1.54, 1.807) is 13.1 Å². The van der Waals surface area contributed by atoms with E-state index in [1.807, 2.05) is 6.07 Å². The van der Waals surface area contributed by atoms with E-state index in [0.717, 1.165) is 25.1 Å². The van der Waals surface area contributed by atoms with Crippen LogP contribution in [0.1, 0.15) is 24.0 Å². The van der Waals surface area contributed by atoms with Crippen LogP contribution in [0, 0.1) is 23.0 Å². The lowest BCUT2D eigenvalue weighted by atomic mass is 10.1. The lowest BCUT2D eigenvalue weighted by Crippen LogP contribution is -2.46. The summed E-state index contributed by atoms with van der Waals surface area (Å²) in [6.45, 7) is 0.973. The molecule has 3 rings (SSSR count). The normalized spacial score (nSPS) is 15.9. The molecule has 0 unspecified atom stereocenters. The topological polar surface area (TPSA) is 76.4 Å². The highest BCUT2D eigenvalue weighted by Crippen LogP contribution is 2.41. The third kappa shape index (κ3) is 3.71. The molecule has 1 aliphatic rings. The summed E-state index contributed by atoms with van der Waals surface area (Å²) in [5.74, 6) is -1.95. The number of para-hydroxylation sites is 1. The fourth-order valence-corrected chi connectivity index (χ4v) is 4.92. The van der Waals surface area contributed by atoms with E-state index in [2.05, 4.69) is 5.32 Å². The first kappa shape index (κ1) is 20.2. The molecule has 0 radical (unpaired) electrons. The lowest BCUT2D eigenvalue weighted by molar-refractivity contribution is 0.388. The van der Waals surface area contributed by atoms with Gasteiger partial charge in [0.15, 0.2) is 11.6 Å². The Kier molecular flexibility index (Phi) is 5.93. The Morgan fingerprint density at radius 3 is 2.54 bits per heavy atom. The van der Waals surface area contributed by atoms with Crippen LogP contribution in [-0.2, 0) is 16.8 Å². The molecule has 0 bridgehead atoms. The van der Waals surface area contributed by atoms with E-state index in [4.69, 9.17) is 5.26 Å². The summed E-state index contributed by atoms with van der Waals surface area (Å²) < 4.78 is 57.3. The third-order valence-electron chi connectivity index (χ3n) is 4.56. The number of nitrogens with one attached hydrogen (secondary N) is 1. The molecule has 0 saturated heterocycles. The number of benzene rings is 2. The first-order valence-electron chi connectivity index (χ1n) is 8.82. The number of fused-ring (bicyclic) bond motifs is 1. The maximum Gasteiger partial charge on any atom is 0.308 e. The highest BCUT2D eigenvalue weighted by Gasteiger charge is 2.40. The second-order valence-electron chi connectivity index (χ2n) is 6.44. The number of nitrogens with zero attached hydrogens (tertiary/aromatic N) is 3. The largest absolute Gasteiger partial charge is 0.320 e. The van der Waals surface area contributed by atoms with E-state index in [0.29, 0.717) is 21.9 Å². The molecule has 0 aromatic heterocycles. The van der Waals surface area contributed by atoms with Crippen molar-refractivity contribution in [3.05, 3.63) is 59.2 Å². The number of halogens is 2. The molecule has 0 amide bonds. The van der Waals surface area contributed by atoms with Gasteiger partial charge in [0.05, 0.1) is 17.3 Å². The van der Waals surface area contributed by atoms with Gasteiger partial charge in [-0.3, -0.25) is 0 Å². The maximum absolute atomic E-state index is 14.5. The molecule has 0 atom stereocenters. The van der Waals surface area contributed by atoms with Gasteiger partial charge in [-0.25, -0.2) is 13.1 Å². The Morgan fingerprint density at radius 2 is 1.89 bits per heavy atom. The number of unbranched alkanes of at least 4 members (excludes halogenated alkanes) is 1. The van der Waals surface area contributed by atoms with Crippen LogP contribution in [0.3, 0.4) is 0 Å². The predicted octanol–water partition coefficient (Wildman–Crippen LogP) is 3.03. The number of hydrogen-bond acceptors (Lipinski definition) is 4. The summed E-state index contributed by atoms with van der Waals surface area (Å²) in [5.41, 5.74) is 0.370. The number of nitriles is 1. The second-order valence-corrected chi connectivity index (χ2v) is 8.22. The predicted molar refractivity (Wildman–Crippen MR) is 102 cm³/mol. The summed E-state index contributed by atoms with van der Waals surface area (Å²) in [6, 6.07) is 9.62. The van der Waals surface area contributed by atoms with Crippen LogP contribution in [0.25, 0.3) is 0 Å². The van der Waals surface area contributed by atoms with Gasteiger partial charge in [-0.1, -0.05) is 6.07 Å². The molecule has 28 heavy (non-hydrogen) atoms. The van der Waals surface area contributed by atoms with E-state index < -0.39 is 27.5 Å². The zero-order valence-electron chi connectivity index (χ0n) is 15.3. The fourth-order valence-electron chi connectivity index (χ4n) is 3.19. The molecule has 6 nitrogen and oxygen atoms in total. The minimum absolute atomic E-state index is 0.0410. The third-order valence-corrected chi connectivity index (χ3v) is 6.36. The van der Waals surface area contributed by atoms with Gasteiger partial charge in [0.1, 0.15) is 5.69 Å². The standard InChI is InChI=1S/C19H20F2N4O2S/c1-23-9-2-3-10-24-13-15-11-14(12-22)7-8-18(15)25(28(24,26)27)19-16(20)5-4-6-17(19)21/h4-8,11,23H,2-3,9-10,13H2,1H3. The smallest absolute Gasteiger partial charge is 0.308 e. The van der Waals surface area contributed by atoms with Crippen molar-refractivity contribution in [1.82, 2.24) is 9.62 Å². The first-order valence-corrected chi connectivity index (χ1v) is 10.2. The van der Waals surface area contributed by atoms with E-state index in [9.17, 15) is 17.2 Å². The van der Waals surface area contributed by atoms with Gasteiger partial charge >= 0.3 is 10.2 Å². The van der Waals surface area contributed by atoms with Crippen LogP contribution in [0.5, 0.6) is 0 Å². The fraction of sp³-hybridized carbons (Fsp3) is 0.316. The molecule has 2 aromatic carbocycles. The molecule has 1 aliphatic heterocycles. The Labute approximate surface area is 163 Å². The SMILES string of the molecule is CNCCCCN1Cc2cc(C#N)ccc2N(c2c(F)cccc2F)S1(=O)=O. The highest BCUT2D eigenvalue weighted by molar-refractivity contribution is 7.90. The van der Waals surface area contributed by atoms with Crippen LogP contribution in [0.2, 0.25) is 0 Å². The van der Waals surface area contributed by atoms with E-state index in [-0.39, 0.29) is 18.8 Å². The molecule has 2 aromatic rings. The molecule has 9 heteroatoms. The van der Waals surface area contributed by atoms with E-state index >= 15 is 0 Å². The molecule has 1 heterocycles. The molecule has 0 fully saturated rings. The van der Waals surface area contributed by atoms with Crippen LogP contribution < -0.4 is 9.62 Å². The molecule has 0 spiro atoms. The van der Waals surface area contributed by atoms with Gasteiger partial charge in [0.25, 0.3) is 0 Å². The molecule has 148 valence electrons. The van der Waals surface area contributed by atoms with Crippen molar-refractivity contribution in [3.8, 4) is 6.07 Å². The summed E-state index contributed by atoms with van der Waals surface area (Å²) in [4.78, 5) is 0. The minimum Gasteiger partial charge on any atom is -0.320 e. The van der Waals surface area contributed by atoms with Crippen molar-refractivity contribution >= 4 is 21.6 Å². The molecular weight excluding hydrogens is 386 g/mol. The summed E-state index contributed by atoms with van der Waals surface area (Å²) in [7, 11) is -2.39. The Balaban J connectivity index is 2.12. The Hall–Kier alpha value is -2.54. The van der Waals surface area contributed by atoms with Crippen LogP contribution in [-0.4, -0.2) is 32.9 Å². The molecule has 0 saturated carbocycles. The quantitative estimate of drug-likeness (QED) is 0.748. The van der Waals surface area contributed by atoms with E-state index in [1.165, 1.54) is 22.5 Å². The average molecular weight is 406 g/mol. The summed E-state index contributed by atoms with van der Waals surface area (Å²) >= 11 is 0. The summed E-state index contributed by atoms with van der Waals surface area (Å²) in [5, 5.41) is 12.1. The van der Waals surface area contributed by atoms with Crippen LogP contribution in [0.4, 0.5) is 20.2 Å². The number of anilines is 2. The zero-order chi connectivity index (χ0) is 20.3. The Morgan fingerprint density at radius 1 is 1.18 bits per heavy atom. The van der Waals surface area contributed by atoms with Crippen molar-refractivity contribution in [2.24, 2.45) is 0 Å². The van der Waals surface area contributed by atoms with Crippen LogP contribution in [0.15, 0.2) is 36.4 Å². The van der Waals surface area contributed by atoms with Gasteiger partial charge in [0, 0.05) is 13.1 Å². The van der Waals surface area contributed by atoms with Gasteiger partial charge in [-0.2, -0.15) is 18.0 Å². The summed E-state index contributed by atoms with van der Waals surface area (Å²) in [6.07, 6.45) is 1.34. The van der Waals surface area contributed by atoms with Crippen LogP contribution >= 0.6 is 0 Å². The number of hydrogen-bond donors (Lipinski definition) is 1. The first-order chi connectivity index (χ1) is 13.4. The van der Waals surface area contributed by atoms with Gasteiger partial charge in [0.2, 0.25) is 0 Å². The van der Waals surface area contributed by atoms with Crippen molar-refractivity contribution in [1.29, 1.82) is 5.26 Å².